The number of hydrogen-bond donors (Lipinski definition) is 1. The lowest BCUT2D eigenvalue weighted by molar-refractivity contribution is -0.116. The first-order chi connectivity index (χ1) is 13.5. The number of ketones is 1. The highest BCUT2D eigenvalue weighted by Gasteiger charge is 2.10. The molecule has 1 N–H and O–H groups in total. The molecule has 6 nitrogen and oxygen atoms in total. The van der Waals surface area contributed by atoms with E-state index in [0.29, 0.717) is 17.0 Å². The predicted molar refractivity (Wildman–Crippen MR) is 107 cm³/mol. The maximum atomic E-state index is 12.2. The van der Waals surface area contributed by atoms with E-state index in [1.165, 1.54) is 0 Å². The summed E-state index contributed by atoms with van der Waals surface area (Å²) in [6, 6.07) is 18.0. The number of rotatable bonds is 7. The molecule has 0 radical (unpaired) electrons. The average Bonchev–Trinajstić information content (AvgIpc) is 2.66. The highest BCUT2D eigenvalue weighted by Crippen LogP contribution is 2.22. The monoisotopic (exact) mass is 375 g/mol. The number of nitrogens with one attached hydrogen (secondary N) is 1. The molecule has 0 aliphatic rings. The minimum absolute atomic E-state index is 0.0557. The zero-order valence-corrected chi connectivity index (χ0v) is 15.8. The molecule has 0 bridgehead atoms. The number of carbonyl (C=O) groups excluding carboxylic acids is 2. The Hall–Kier alpha value is -3.54. The smallest absolute Gasteiger partial charge is 0.322 e. The number of nitrogens with zero attached hydrogens (tertiary/aromatic N) is 2. The van der Waals surface area contributed by atoms with Crippen molar-refractivity contribution < 1.29 is 14.3 Å². The molecular weight excluding hydrogens is 354 g/mol. The van der Waals surface area contributed by atoms with Gasteiger partial charge in [0.1, 0.15) is 5.75 Å². The van der Waals surface area contributed by atoms with Gasteiger partial charge in [-0.2, -0.15) is 0 Å². The standard InChI is InChI=1S/C22H21N3O3/c1-15-13-16(2)24-22(23-15)28-19-10-6-9-18(14-19)25-21(27)12-11-20(26)17-7-4-3-5-8-17/h3-10,13-14H,11-12H2,1-2H3,(H,25,27). The number of carbonyl (C=O) groups is 2. The van der Waals surface area contributed by atoms with Crippen molar-refractivity contribution in [1.82, 2.24) is 9.97 Å². The molecule has 1 heterocycles. The summed E-state index contributed by atoms with van der Waals surface area (Å²) in [6.07, 6.45) is 0.265. The van der Waals surface area contributed by atoms with Gasteiger partial charge in [-0.05, 0) is 32.0 Å². The molecule has 0 fully saturated rings. The number of aromatic nitrogens is 2. The Morgan fingerprint density at radius 1 is 0.893 bits per heavy atom. The van der Waals surface area contributed by atoms with Gasteiger partial charge in [-0.1, -0.05) is 36.4 Å². The highest BCUT2D eigenvalue weighted by atomic mass is 16.5. The van der Waals surface area contributed by atoms with Gasteiger partial charge in [0, 0.05) is 41.5 Å². The van der Waals surface area contributed by atoms with Crippen LogP contribution in [0.3, 0.4) is 0 Å². The van der Waals surface area contributed by atoms with Gasteiger partial charge in [0.25, 0.3) is 0 Å². The van der Waals surface area contributed by atoms with E-state index in [-0.39, 0.29) is 30.5 Å². The van der Waals surface area contributed by atoms with Gasteiger partial charge in [0.15, 0.2) is 5.78 Å². The molecule has 0 atom stereocenters. The molecule has 0 spiro atoms. The van der Waals surface area contributed by atoms with Crippen LogP contribution in [-0.4, -0.2) is 21.7 Å². The van der Waals surface area contributed by atoms with Crippen molar-refractivity contribution in [3.63, 3.8) is 0 Å². The Bertz CT molecular complexity index is 967. The van der Waals surface area contributed by atoms with Crippen molar-refractivity contribution in [2.24, 2.45) is 0 Å². The quantitative estimate of drug-likeness (QED) is 0.616. The Morgan fingerprint density at radius 2 is 1.61 bits per heavy atom. The molecule has 1 aromatic heterocycles. The summed E-state index contributed by atoms with van der Waals surface area (Å²) in [4.78, 5) is 32.8. The predicted octanol–water partition coefficient (Wildman–Crippen LogP) is 4.49. The third-order valence-electron chi connectivity index (χ3n) is 3.96. The van der Waals surface area contributed by atoms with Crippen molar-refractivity contribution >= 4 is 17.4 Å². The molecule has 0 aliphatic carbocycles. The average molecular weight is 375 g/mol. The fourth-order valence-corrected chi connectivity index (χ4v) is 2.70. The van der Waals surface area contributed by atoms with Crippen LogP contribution in [-0.2, 0) is 4.79 Å². The first-order valence-corrected chi connectivity index (χ1v) is 8.98. The summed E-state index contributed by atoms with van der Waals surface area (Å²) in [5, 5.41) is 2.79. The Morgan fingerprint density at radius 3 is 2.32 bits per heavy atom. The summed E-state index contributed by atoms with van der Waals surface area (Å²) >= 11 is 0. The zero-order valence-electron chi connectivity index (χ0n) is 15.8. The van der Waals surface area contributed by atoms with Crippen LogP contribution >= 0.6 is 0 Å². The molecule has 142 valence electrons. The summed E-state index contributed by atoms with van der Waals surface area (Å²) < 4.78 is 5.69. The van der Waals surface area contributed by atoms with Crippen LogP contribution < -0.4 is 10.1 Å². The van der Waals surface area contributed by atoms with Gasteiger partial charge in [0.05, 0.1) is 0 Å². The van der Waals surface area contributed by atoms with Gasteiger partial charge < -0.3 is 10.1 Å². The summed E-state index contributed by atoms with van der Waals surface area (Å²) in [5.41, 5.74) is 2.82. The fraction of sp³-hybridized carbons (Fsp3) is 0.182. The topological polar surface area (TPSA) is 81.2 Å². The zero-order chi connectivity index (χ0) is 19.9. The number of aryl methyl sites for hydroxylation is 2. The van der Waals surface area contributed by atoms with Crippen LogP contribution in [0.5, 0.6) is 11.8 Å². The molecular formula is C22H21N3O3. The Labute approximate surface area is 163 Å². The van der Waals surface area contributed by atoms with Crippen LogP contribution in [0.15, 0.2) is 60.7 Å². The third kappa shape index (κ3) is 5.48. The number of hydrogen-bond acceptors (Lipinski definition) is 5. The van der Waals surface area contributed by atoms with Crippen molar-refractivity contribution in [1.29, 1.82) is 0 Å². The lowest BCUT2D eigenvalue weighted by Crippen LogP contribution is -2.13. The third-order valence-corrected chi connectivity index (χ3v) is 3.96. The summed E-state index contributed by atoms with van der Waals surface area (Å²) in [7, 11) is 0. The molecule has 3 rings (SSSR count). The number of ether oxygens (including phenoxy) is 1. The number of anilines is 1. The highest BCUT2D eigenvalue weighted by molar-refractivity contribution is 6.00. The lowest BCUT2D eigenvalue weighted by Gasteiger charge is -2.09. The van der Waals surface area contributed by atoms with E-state index in [1.54, 1.807) is 48.5 Å². The van der Waals surface area contributed by atoms with Gasteiger partial charge in [-0.3, -0.25) is 9.59 Å². The van der Waals surface area contributed by atoms with Gasteiger partial charge in [-0.25, -0.2) is 9.97 Å². The number of Topliss-reactive ketones (excluding diaryl/α,β-unsaturated/α-hetero) is 1. The van der Waals surface area contributed by atoms with E-state index in [9.17, 15) is 9.59 Å². The molecule has 0 unspecified atom stereocenters. The van der Waals surface area contributed by atoms with Crippen LogP contribution in [0.1, 0.15) is 34.6 Å². The molecule has 0 aliphatic heterocycles. The van der Waals surface area contributed by atoms with E-state index >= 15 is 0 Å². The van der Waals surface area contributed by atoms with Gasteiger partial charge in [-0.15, -0.1) is 0 Å². The van der Waals surface area contributed by atoms with Crippen molar-refractivity contribution in [2.45, 2.75) is 26.7 Å². The van der Waals surface area contributed by atoms with E-state index < -0.39 is 0 Å². The molecule has 28 heavy (non-hydrogen) atoms. The minimum Gasteiger partial charge on any atom is -0.424 e. The first kappa shape index (κ1) is 19.2. The Kier molecular flexibility index (Phi) is 6.11. The van der Waals surface area contributed by atoms with Crippen molar-refractivity contribution in [3.8, 4) is 11.8 Å². The second-order valence-corrected chi connectivity index (χ2v) is 6.40. The molecule has 0 saturated carbocycles. The molecule has 0 saturated heterocycles. The van der Waals surface area contributed by atoms with Crippen molar-refractivity contribution in [3.05, 3.63) is 77.6 Å². The van der Waals surface area contributed by atoms with E-state index in [1.807, 2.05) is 26.0 Å². The fourth-order valence-electron chi connectivity index (χ4n) is 2.70. The second kappa shape index (κ2) is 8.90. The SMILES string of the molecule is Cc1cc(C)nc(Oc2cccc(NC(=O)CCC(=O)c3ccccc3)c2)n1. The van der Waals surface area contributed by atoms with E-state index in [0.717, 1.165) is 11.4 Å². The van der Waals surface area contributed by atoms with Gasteiger partial charge in [0.2, 0.25) is 5.91 Å². The lowest BCUT2D eigenvalue weighted by atomic mass is 10.1. The maximum Gasteiger partial charge on any atom is 0.322 e. The number of amides is 1. The molecule has 1 amide bonds. The molecule has 3 aromatic rings. The first-order valence-electron chi connectivity index (χ1n) is 8.98. The van der Waals surface area contributed by atoms with Crippen LogP contribution in [0, 0.1) is 13.8 Å². The minimum atomic E-state index is -0.232. The van der Waals surface area contributed by atoms with E-state index in [2.05, 4.69) is 15.3 Å². The summed E-state index contributed by atoms with van der Waals surface area (Å²) in [6.45, 7) is 3.74. The van der Waals surface area contributed by atoms with E-state index in [4.69, 9.17) is 4.74 Å². The molecule has 2 aromatic carbocycles. The molecule has 6 heteroatoms. The van der Waals surface area contributed by atoms with Gasteiger partial charge >= 0.3 is 6.01 Å². The normalized spacial score (nSPS) is 10.4. The summed E-state index contributed by atoms with van der Waals surface area (Å²) in [5.74, 6) is 0.229. The Balaban J connectivity index is 1.58. The largest absolute Gasteiger partial charge is 0.424 e. The number of benzene rings is 2. The maximum absolute atomic E-state index is 12.2. The van der Waals surface area contributed by atoms with Crippen LogP contribution in [0.2, 0.25) is 0 Å². The van der Waals surface area contributed by atoms with Crippen molar-refractivity contribution in [2.75, 3.05) is 5.32 Å². The van der Waals surface area contributed by atoms with Crippen LogP contribution in [0.4, 0.5) is 5.69 Å². The van der Waals surface area contributed by atoms with Crippen LogP contribution in [0.25, 0.3) is 0 Å². The second-order valence-electron chi connectivity index (χ2n) is 6.40.